The molecule has 0 amide bonds. The van der Waals surface area contributed by atoms with Crippen LogP contribution in [0.5, 0.6) is 0 Å². The van der Waals surface area contributed by atoms with Crippen LogP contribution in [0.25, 0.3) is 0 Å². The largest absolute Gasteiger partial charge is 0.389 e. The molecule has 12 heavy (non-hydrogen) atoms. The molecule has 5 heteroatoms. The molecule has 0 aliphatic heterocycles. The fourth-order valence-electron chi connectivity index (χ4n) is 0.875. The van der Waals surface area contributed by atoms with E-state index in [0.29, 0.717) is 11.5 Å². The molecule has 0 aromatic carbocycles. The first kappa shape index (κ1) is 9.09. The van der Waals surface area contributed by atoms with Gasteiger partial charge in [0, 0.05) is 18.3 Å². The van der Waals surface area contributed by atoms with Crippen molar-refractivity contribution in [3.05, 3.63) is 17.7 Å². The lowest BCUT2D eigenvalue weighted by atomic mass is 10.2. The molecular formula is C7H9F3N2. The van der Waals surface area contributed by atoms with Gasteiger partial charge in [0.1, 0.15) is 5.82 Å². The minimum Gasteiger partial charge on any atom is -0.346 e. The van der Waals surface area contributed by atoms with E-state index in [4.69, 9.17) is 0 Å². The predicted molar refractivity (Wildman–Crippen MR) is 37.7 cm³/mol. The molecule has 68 valence electrons. The monoisotopic (exact) mass is 178 g/mol. The second-order valence-corrected chi connectivity index (χ2v) is 2.61. The molecule has 2 nitrogen and oxygen atoms in total. The van der Waals surface area contributed by atoms with Crippen LogP contribution in [0.3, 0.4) is 0 Å². The molecule has 1 rings (SSSR count). The van der Waals surface area contributed by atoms with Crippen molar-refractivity contribution in [1.29, 1.82) is 0 Å². The van der Waals surface area contributed by atoms with Crippen LogP contribution in [0.15, 0.2) is 6.20 Å². The van der Waals surface area contributed by atoms with E-state index in [9.17, 15) is 13.2 Å². The summed E-state index contributed by atoms with van der Waals surface area (Å²) in [7, 11) is 0. The van der Waals surface area contributed by atoms with Crippen LogP contribution in [0.2, 0.25) is 0 Å². The quantitative estimate of drug-likeness (QED) is 0.738. The Labute approximate surface area is 67.8 Å². The fraction of sp³-hybridized carbons (Fsp3) is 0.571. The molecule has 1 aromatic heterocycles. The first-order chi connectivity index (χ1) is 5.47. The van der Waals surface area contributed by atoms with Crippen LogP contribution in [0, 0.1) is 6.92 Å². The SMILES string of the molecule is Cc1ncc(CCC(F)(F)F)[nH]1. The normalized spacial score (nSPS) is 12.0. The molecule has 0 spiro atoms. The maximum Gasteiger partial charge on any atom is 0.389 e. The summed E-state index contributed by atoms with van der Waals surface area (Å²) < 4.78 is 35.1. The van der Waals surface area contributed by atoms with Crippen molar-refractivity contribution in [3.8, 4) is 0 Å². The van der Waals surface area contributed by atoms with Crippen molar-refractivity contribution in [3.63, 3.8) is 0 Å². The maximum absolute atomic E-state index is 11.7. The molecule has 1 heterocycles. The molecule has 0 bridgehead atoms. The van der Waals surface area contributed by atoms with Crippen LogP contribution >= 0.6 is 0 Å². The molecule has 1 N–H and O–H groups in total. The number of imidazole rings is 1. The second kappa shape index (κ2) is 3.16. The molecule has 1 aromatic rings. The van der Waals surface area contributed by atoms with Gasteiger partial charge in [-0.15, -0.1) is 0 Å². The van der Waals surface area contributed by atoms with Crippen LogP contribution in [0.4, 0.5) is 13.2 Å². The highest BCUT2D eigenvalue weighted by Crippen LogP contribution is 2.21. The van der Waals surface area contributed by atoms with Gasteiger partial charge in [-0.25, -0.2) is 4.98 Å². The number of H-pyrrole nitrogens is 1. The number of hydrogen-bond donors (Lipinski definition) is 1. The summed E-state index contributed by atoms with van der Waals surface area (Å²) in [5, 5.41) is 0. The van der Waals surface area contributed by atoms with Crippen LogP contribution in [-0.2, 0) is 6.42 Å². The standard InChI is InChI=1S/C7H9F3N2/c1-5-11-4-6(12-5)2-3-7(8,9)10/h4H,2-3H2,1H3,(H,11,12). The van der Waals surface area contributed by atoms with Gasteiger partial charge in [0.25, 0.3) is 0 Å². The number of halogens is 3. The predicted octanol–water partition coefficient (Wildman–Crippen LogP) is 2.21. The van der Waals surface area contributed by atoms with E-state index in [1.165, 1.54) is 6.20 Å². The Kier molecular flexibility index (Phi) is 2.40. The summed E-state index contributed by atoms with van der Waals surface area (Å²) >= 11 is 0. The van der Waals surface area contributed by atoms with Crippen LogP contribution in [0.1, 0.15) is 17.9 Å². The van der Waals surface area contributed by atoms with Crippen LogP contribution in [-0.4, -0.2) is 16.1 Å². The smallest absolute Gasteiger partial charge is 0.346 e. The van der Waals surface area contributed by atoms with E-state index in [1.54, 1.807) is 6.92 Å². The lowest BCUT2D eigenvalue weighted by molar-refractivity contribution is -0.134. The third kappa shape index (κ3) is 2.94. The summed E-state index contributed by atoms with van der Waals surface area (Å²) in [6.07, 6.45) is -3.47. The van der Waals surface area contributed by atoms with Crippen molar-refractivity contribution >= 4 is 0 Å². The number of alkyl halides is 3. The Morgan fingerprint density at radius 1 is 1.50 bits per heavy atom. The van der Waals surface area contributed by atoms with E-state index >= 15 is 0 Å². The van der Waals surface area contributed by atoms with Gasteiger partial charge in [-0.1, -0.05) is 0 Å². The number of rotatable bonds is 2. The molecule has 0 fully saturated rings. The van der Waals surface area contributed by atoms with Gasteiger partial charge in [-0.2, -0.15) is 13.2 Å². The summed E-state index contributed by atoms with van der Waals surface area (Å²) in [6.45, 7) is 1.71. The summed E-state index contributed by atoms with van der Waals surface area (Å²) in [4.78, 5) is 6.53. The van der Waals surface area contributed by atoms with Gasteiger partial charge in [0.05, 0.1) is 0 Å². The second-order valence-electron chi connectivity index (χ2n) is 2.61. The molecule has 0 aliphatic carbocycles. The highest BCUT2D eigenvalue weighted by molar-refractivity contribution is 4.99. The first-order valence-corrected chi connectivity index (χ1v) is 3.54. The average Bonchev–Trinajstić information content (AvgIpc) is 2.30. The van der Waals surface area contributed by atoms with Gasteiger partial charge in [-0.05, 0) is 13.3 Å². The Hall–Kier alpha value is -1.00. The average molecular weight is 178 g/mol. The highest BCUT2D eigenvalue weighted by atomic mass is 19.4. The molecule has 0 saturated heterocycles. The minimum absolute atomic E-state index is 0.0235. The molecular weight excluding hydrogens is 169 g/mol. The van der Waals surface area contributed by atoms with Gasteiger partial charge in [0.2, 0.25) is 0 Å². The van der Waals surface area contributed by atoms with E-state index in [-0.39, 0.29) is 6.42 Å². The van der Waals surface area contributed by atoms with Crippen molar-refractivity contribution in [2.75, 3.05) is 0 Å². The van der Waals surface area contributed by atoms with E-state index in [0.717, 1.165) is 0 Å². The van der Waals surface area contributed by atoms with Crippen molar-refractivity contribution in [2.24, 2.45) is 0 Å². The summed E-state index contributed by atoms with van der Waals surface area (Å²) in [5.74, 6) is 0.646. The summed E-state index contributed by atoms with van der Waals surface area (Å²) in [5.41, 5.74) is 0.532. The topological polar surface area (TPSA) is 28.7 Å². The Bertz CT molecular complexity index is 251. The molecule has 0 atom stereocenters. The number of nitrogens with one attached hydrogen (secondary N) is 1. The van der Waals surface area contributed by atoms with Crippen LogP contribution < -0.4 is 0 Å². The first-order valence-electron chi connectivity index (χ1n) is 3.54. The maximum atomic E-state index is 11.7. The highest BCUT2D eigenvalue weighted by Gasteiger charge is 2.26. The summed E-state index contributed by atoms with van der Waals surface area (Å²) in [6, 6.07) is 0. The molecule has 0 aliphatic rings. The Morgan fingerprint density at radius 3 is 2.58 bits per heavy atom. The Balaban J connectivity index is 2.44. The van der Waals surface area contributed by atoms with E-state index in [1.807, 2.05) is 0 Å². The lowest BCUT2D eigenvalue weighted by Crippen LogP contribution is -2.08. The zero-order valence-corrected chi connectivity index (χ0v) is 6.57. The van der Waals surface area contributed by atoms with Gasteiger partial charge >= 0.3 is 6.18 Å². The zero-order chi connectivity index (χ0) is 9.19. The minimum atomic E-state index is -4.08. The van der Waals surface area contributed by atoms with E-state index < -0.39 is 12.6 Å². The number of aromatic amines is 1. The number of hydrogen-bond acceptors (Lipinski definition) is 1. The Morgan fingerprint density at radius 2 is 2.17 bits per heavy atom. The van der Waals surface area contributed by atoms with E-state index in [2.05, 4.69) is 9.97 Å². The third-order valence-electron chi connectivity index (χ3n) is 1.43. The molecule has 0 unspecified atom stereocenters. The third-order valence-corrected chi connectivity index (χ3v) is 1.43. The van der Waals surface area contributed by atoms with Gasteiger partial charge in [0.15, 0.2) is 0 Å². The molecule has 0 saturated carbocycles. The number of nitrogens with zero attached hydrogens (tertiary/aromatic N) is 1. The fourth-order valence-corrected chi connectivity index (χ4v) is 0.875. The number of aryl methyl sites for hydroxylation is 2. The number of aromatic nitrogens is 2. The molecule has 0 radical (unpaired) electrons. The van der Waals surface area contributed by atoms with Crippen molar-refractivity contribution < 1.29 is 13.2 Å². The van der Waals surface area contributed by atoms with Crippen molar-refractivity contribution in [2.45, 2.75) is 25.9 Å². The lowest BCUT2D eigenvalue weighted by Gasteiger charge is -2.03. The van der Waals surface area contributed by atoms with Crippen molar-refractivity contribution in [1.82, 2.24) is 9.97 Å². The van der Waals surface area contributed by atoms with Gasteiger partial charge < -0.3 is 4.98 Å². The zero-order valence-electron chi connectivity index (χ0n) is 6.57. The van der Waals surface area contributed by atoms with Gasteiger partial charge in [-0.3, -0.25) is 0 Å².